The van der Waals surface area contributed by atoms with Crippen LogP contribution in [0.2, 0.25) is 0 Å². The quantitative estimate of drug-likeness (QED) is 0.757. The monoisotopic (exact) mass is 343 g/mol. The Morgan fingerprint density at radius 2 is 1.83 bits per heavy atom. The van der Waals surface area contributed by atoms with E-state index < -0.39 is 0 Å². The second-order valence-electron chi connectivity index (χ2n) is 4.19. The van der Waals surface area contributed by atoms with Gasteiger partial charge in [-0.3, -0.25) is 0 Å². The predicted molar refractivity (Wildman–Crippen MR) is 85.9 cm³/mol. The molecule has 0 aromatic carbocycles. The summed E-state index contributed by atoms with van der Waals surface area (Å²) in [6.45, 7) is 5.48. The van der Waals surface area contributed by atoms with Crippen LogP contribution in [0, 0.1) is 0 Å². The number of hydrogen-bond acceptors (Lipinski definition) is 3. The molecular formula is C14H18BrNS2. The second kappa shape index (κ2) is 6.85. The van der Waals surface area contributed by atoms with Crippen LogP contribution < -0.4 is 5.32 Å². The zero-order chi connectivity index (χ0) is 13.0. The largest absolute Gasteiger partial charge is 0.305 e. The normalized spacial score (nSPS) is 12.8. The van der Waals surface area contributed by atoms with E-state index in [4.69, 9.17) is 0 Å². The first-order valence-corrected chi connectivity index (χ1v) is 8.74. The Hall–Kier alpha value is -0.160. The zero-order valence-electron chi connectivity index (χ0n) is 10.7. The van der Waals surface area contributed by atoms with E-state index in [0.717, 1.165) is 19.4 Å². The van der Waals surface area contributed by atoms with Gasteiger partial charge in [-0.05, 0) is 59.6 Å². The summed E-state index contributed by atoms with van der Waals surface area (Å²) in [5.41, 5.74) is 0. The van der Waals surface area contributed by atoms with Gasteiger partial charge in [0, 0.05) is 14.6 Å². The van der Waals surface area contributed by atoms with Gasteiger partial charge in [-0.1, -0.05) is 13.8 Å². The summed E-state index contributed by atoms with van der Waals surface area (Å²) in [7, 11) is 0. The van der Waals surface area contributed by atoms with Gasteiger partial charge in [0.1, 0.15) is 0 Å². The first kappa shape index (κ1) is 14.3. The molecule has 1 N–H and O–H groups in total. The van der Waals surface area contributed by atoms with E-state index in [-0.39, 0.29) is 0 Å². The molecule has 0 radical (unpaired) electrons. The van der Waals surface area contributed by atoms with Crippen molar-refractivity contribution in [2.24, 2.45) is 0 Å². The van der Waals surface area contributed by atoms with Crippen LogP contribution >= 0.6 is 38.6 Å². The first-order valence-electron chi connectivity index (χ1n) is 6.31. The van der Waals surface area contributed by atoms with E-state index in [9.17, 15) is 0 Å². The average Bonchev–Trinajstić information content (AvgIpc) is 2.99. The maximum atomic E-state index is 3.65. The van der Waals surface area contributed by atoms with Gasteiger partial charge in [-0.2, -0.15) is 0 Å². The molecule has 98 valence electrons. The lowest BCUT2D eigenvalue weighted by molar-refractivity contribution is 0.613. The number of halogens is 1. The van der Waals surface area contributed by atoms with E-state index in [1.54, 1.807) is 0 Å². The summed E-state index contributed by atoms with van der Waals surface area (Å²) < 4.78 is 1.20. The van der Waals surface area contributed by atoms with E-state index in [1.807, 2.05) is 22.7 Å². The molecule has 2 aromatic heterocycles. The first-order chi connectivity index (χ1) is 8.74. The van der Waals surface area contributed by atoms with Crippen molar-refractivity contribution in [1.82, 2.24) is 5.32 Å². The highest BCUT2D eigenvalue weighted by molar-refractivity contribution is 9.11. The Morgan fingerprint density at radius 1 is 1.11 bits per heavy atom. The van der Waals surface area contributed by atoms with Crippen molar-refractivity contribution < 1.29 is 0 Å². The molecule has 0 fully saturated rings. The fraction of sp³-hybridized carbons (Fsp3) is 0.429. The fourth-order valence-electron chi connectivity index (χ4n) is 1.85. The smallest absolute Gasteiger partial charge is 0.0765 e. The predicted octanol–water partition coefficient (Wildman–Crippen LogP) is 5.22. The lowest BCUT2D eigenvalue weighted by Gasteiger charge is -2.15. The van der Waals surface area contributed by atoms with Crippen LogP contribution in [0.5, 0.6) is 0 Å². The third-order valence-corrected chi connectivity index (χ3v) is 5.78. The van der Waals surface area contributed by atoms with Crippen molar-refractivity contribution in [3.05, 3.63) is 42.7 Å². The molecule has 2 aromatic rings. The van der Waals surface area contributed by atoms with Gasteiger partial charge < -0.3 is 5.32 Å². The fourth-order valence-corrected chi connectivity index (χ4v) is 4.49. The van der Waals surface area contributed by atoms with E-state index in [1.165, 1.54) is 18.4 Å². The number of thiophene rings is 2. The van der Waals surface area contributed by atoms with Crippen molar-refractivity contribution in [3.63, 3.8) is 0 Å². The number of hydrogen-bond donors (Lipinski definition) is 1. The Labute approximate surface area is 125 Å². The van der Waals surface area contributed by atoms with Crippen LogP contribution in [-0.4, -0.2) is 6.54 Å². The lowest BCUT2D eigenvalue weighted by atomic mass is 10.2. The molecule has 0 saturated heterocycles. The molecule has 0 amide bonds. The summed E-state index contributed by atoms with van der Waals surface area (Å²) in [5.74, 6) is 0. The summed E-state index contributed by atoms with van der Waals surface area (Å²) in [5, 5.41) is 3.65. The zero-order valence-corrected chi connectivity index (χ0v) is 13.9. The minimum atomic E-state index is 0.353. The molecule has 18 heavy (non-hydrogen) atoms. The van der Waals surface area contributed by atoms with Gasteiger partial charge in [0.2, 0.25) is 0 Å². The Balaban J connectivity index is 2.24. The highest BCUT2D eigenvalue weighted by Gasteiger charge is 2.17. The van der Waals surface area contributed by atoms with E-state index in [0.29, 0.717) is 6.04 Å². The summed E-state index contributed by atoms with van der Waals surface area (Å²) in [6.07, 6.45) is 2.29. The van der Waals surface area contributed by atoms with Crippen LogP contribution in [0.4, 0.5) is 0 Å². The standard InChI is InChI=1S/C14H18BrNS2/c1-3-9-16-14(12-7-8-13(15)18-12)11-6-5-10(4-2)17-11/h5-8,14,16H,3-4,9H2,1-2H3. The molecule has 0 aliphatic rings. The molecule has 1 atom stereocenters. The Morgan fingerprint density at radius 3 is 2.39 bits per heavy atom. The van der Waals surface area contributed by atoms with Gasteiger partial charge >= 0.3 is 0 Å². The molecule has 0 bridgehead atoms. The Bertz CT molecular complexity index is 489. The molecule has 0 spiro atoms. The van der Waals surface area contributed by atoms with Crippen molar-refractivity contribution in [2.45, 2.75) is 32.7 Å². The van der Waals surface area contributed by atoms with Gasteiger partial charge in [0.15, 0.2) is 0 Å². The van der Waals surface area contributed by atoms with Gasteiger partial charge in [0.05, 0.1) is 9.83 Å². The molecule has 1 nitrogen and oxygen atoms in total. The van der Waals surface area contributed by atoms with E-state index in [2.05, 4.69) is 59.4 Å². The SMILES string of the molecule is CCCNC(c1ccc(Br)s1)c1ccc(CC)s1. The van der Waals surface area contributed by atoms with Crippen LogP contribution in [0.15, 0.2) is 28.1 Å². The summed E-state index contributed by atoms with van der Waals surface area (Å²) in [4.78, 5) is 4.28. The van der Waals surface area contributed by atoms with Crippen LogP contribution in [0.3, 0.4) is 0 Å². The molecule has 2 rings (SSSR count). The Kier molecular flexibility index (Phi) is 5.42. The van der Waals surface area contributed by atoms with Crippen LogP contribution in [0.1, 0.15) is 40.9 Å². The molecule has 1 unspecified atom stereocenters. The summed E-state index contributed by atoms with van der Waals surface area (Å²) >= 11 is 7.30. The molecule has 4 heteroatoms. The third-order valence-electron chi connectivity index (χ3n) is 2.79. The second-order valence-corrected chi connectivity index (χ2v) is 7.88. The van der Waals surface area contributed by atoms with Gasteiger partial charge in [-0.25, -0.2) is 0 Å². The molecular weight excluding hydrogens is 326 g/mol. The van der Waals surface area contributed by atoms with Crippen molar-refractivity contribution in [2.75, 3.05) is 6.54 Å². The van der Waals surface area contributed by atoms with Gasteiger partial charge in [0.25, 0.3) is 0 Å². The minimum Gasteiger partial charge on any atom is -0.305 e. The number of aryl methyl sites for hydroxylation is 1. The average molecular weight is 344 g/mol. The third kappa shape index (κ3) is 3.44. The molecule has 0 aliphatic carbocycles. The van der Waals surface area contributed by atoms with Crippen molar-refractivity contribution in [3.8, 4) is 0 Å². The lowest BCUT2D eigenvalue weighted by Crippen LogP contribution is -2.21. The highest BCUT2D eigenvalue weighted by atomic mass is 79.9. The highest BCUT2D eigenvalue weighted by Crippen LogP contribution is 2.34. The molecule has 0 aliphatic heterocycles. The maximum absolute atomic E-state index is 3.65. The number of nitrogens with one attached hydrogen (secondary N) is 1. The van der Waals surface area contributed by atoms with E-state index >= 15 is 0 Å². The molecule has 2 heterocycles. The molecule has 0 saturated carbocycles. The maximum Gasteiger partial charge on any atom is 0.0765 e. The minimum absolute atomic E-state index is 0.353. The van der Waals surface area contributed by atoms with Gasteiger partial charge in [-0.15, -0.1) is 22.7 Å². The topological polar surface area (TPSA) is 12.0 Å². The number of rotatable bonds is 6. The summed E-state index contributed by atoms with van der Waals surface area (Å²) in [6, 6.07) is 9.22. The van der Waals surface area contributed by atoms with Crippen LogP contribution in [-0.2, 0) is 6.42 Å². The van der Waals surface area contributed by atoms with Crippen LogP contribution in [0.25, 0.3) is 0 Å². The van der Waals surface area contributed by atoms with Crippen molar-refractivity contribution in [1.29, 1.82) is 0 Å². The van der Waals surface area contributed by atoms with Crippen molar-refractivity contribution >= 4 is 38.6 Å².